The molecule has 0 unspecified atom stereocenters. The molecule has 1 amide bonds. The van der Waals surface area contributed by atoms with Crippen molar-refractivity contribution < 1.29 is 14.3 Å². The molecule has 1 fully saturated rings. The quantitative estimate of drug-likeness (QED) is 0.512. The summed E-state index contributed by atoms with van der Waals surface area (Å²) in [5.74, 6) is -0.820. The fourth-order valence-electron chi connectivity index (χ4n) is 0.754. The Morgan fingerprint density at radius 3 is 2.70 bits per heavy atom. The van der Waals surface area contributed by atoms with Gasteiger partial charge in [-0.3, -0.25) is 9.59 Å². The second kappa shape index (κ2) is 2.05. The minimum absolute atomic E-state index is 0.0422. The molecule has 0 aromatic heterocycles. The Morgan fingerprint density at radius 1 is 1.90 bits per heavy atom. The van der Waals surface area contributed by atoms with Gasteiger partial charge in [0.15, 0.2) is 11.4 Å². The molecule has 1 saturated heterocycles. The van der Waals surface area contributed by atoms with Crippen molar-refractivity contribution in [1.29, 1.82) is 0 Å². The van der Waals surface area contributed by atoms with Gasteiger partial charge in [0.25, 0.3) is 0 Å². The Bertz CT molecular complexity index is 189. The lowest BCUT2D eigenvalue weighted by molar-refractivity contribution is -0.133. The van der Waals surface area contributed by atoms with Crippen LogP contribution >= 0.6 is 0 Å². The maximum Gasteiger partial charge on any atom is 0.250 e. The van der Waals surface area contributed by atoms with Gasteiger partial charge in [-0.05, 0) is 6.92 Å². The van der Waals surface area contributed by atoms with Gasteiger partial charge in [-0.25, -0.2) is 0 Å². The SMILES string of the molecule is C[C@]1(C(N)=O)[CH]C(=O)CO1. The van der Waals surface area contributed by atoms with Crippen LogP contribution in [0.1, 0.15) is 6.92 Å². The van der Waals surface area contributed by atoms with E-state index in [4.69, 9.17) is 10.5 Å². The van der Waals surface area contributed by atoms with Crippen LogP contribution in [0.25, 0.3) is 0 Å². The van der Waals surface area contributed by atoms with Crippen LogP contribution in [0.3, 0.4) is 0 Å². The van der Waals surface area contributed by atoms with Gasteiger partial charge in [-0.2, -0.15) is 0 Å². The van der Waals surface area contributed by atoms with Crippen LogP contribution < -0.4 is 5.73 Å². The fraction of sp³-hybridized carbons (Fsp3) is 0.500. The molecule has 1 rings (SSSR count). The number of ketones is 1. The number of carbonyl (C=O) groups excluding carboxylic acids is 2. The second-order valence-corrected chi connectivity index (χ2v) is 2.37. The monoisotopic (exact) mass is 142 g/mol. The summed E-state index contributed by atoms with van der Waals surface area (Å²) >= 11 is 0. The van der Waals surface area contributed by atoms with E-state index in [1.54, 1.807) is 0 Å². The van der Waals surface area contributed by atoms with E-state index in [1.165, 1.54) is 13.3 Å². The first kappa shape index (κ1) is 7.21. The first-order valence-corrected chi connectivity index (χ1v) is 2.87. The van der Waals surface area contributed by atoms with Gasteiger partial charge < -0.3 is 10.5 Å². The molecule has 0 saturated carbocycles. The number of hydrogen-bond acceptors (Lipinski definition) is 3. The average Bonchev–Trinajstić information content (AvgIpc) is 2.13. The molecule has 0 aliphatic carbocycles. The number of rotatable bonds is 1. The van der Waals surface area contributed by atoms with Crippen LogP contribution in [0.4, 0.5) is 0 Å². The van der Waals surface area contributed by atoms with Crippen molar-refractivity contribution in [3.63, 3.8) is 0 Å². The highest BCUT2D eigenvalue weighted by molar-refractivity contribution is 6.00. The smallest absolute Gasteiger partial charge is 0.250 e. The molecule has 1 aliphatic rings. The highest BCUT2D eigenvalue weighted by Crippen LogP contribution is 2.20. The van der Waals surface area contributed by atoms with Crippen molar-refractivity contribution in [3.05, 3.63) is 6.42 Å². The molecular weight excluding hydrogens is 134 g/mol. The van der Waals surface area contributed by atoms with Crippen molar-refractivity contribution >= 4 is 11.7 Å². The molecule has 0 aromatic carbocycles. The zero-order chi connectivity index (χ0) is 7.78. The van der Waals surface area contributed by atoms with Gasteiger partial charge in [0.2, 0.25) is 5.91 Å². The Kier molecular flexibility index (Phi) is 1.48. The number of carbonyl (C=O) groups is 2. The molecule has 0 bridgehead atoms. The molecule has 55 valence electrons. The summed E-state index contributed by atoms with van der Waals surface area (Å²) in [7, 11) is 0. The lowest BCUT2D eigenvalue weighted by Gasteiger charge is -2.15. The van der Waals surface area contributed by atoms with Gasteiger partial charge in [0, 0.05) is 0 Å². The zero-order valence-electron chi connectivity index (χ0n) is 5.59. The van der Waals surface area contributed by atoms with Gasteiger partial charge in [-0.1, -0.05) is 0 Å². The number of nitrogens with two attached hydrogens (primary N) is 1. The summed E-state index contributed by atoms with van der Waals surface area (Å²) in [5.41, 5.74) is 3.78. The van der Waals surface area contributed by atoms with Crippen LogP contribution in [-0.2, 0) is 14.3 Å². The highest BCUT2D eigenvalue weighted by atomic mass is 16.5. The van der Waals surface area contributed by atoms with Crippen molar-refractivity contribution in [2.24, 2.45) is 5.73 Å². The number of hydrogen-bond donors (Lipinski definition) is 1. The summed E-state index contributed by atoms with van der Waals surface area (Å²) in [5, 5.41) is 0. The van der Waals surface area contributed by atoms with E-state index >= 15 is 0 Å². The van der Waals surface area contributed by atoms with Crippen LogP contribution in [0, 0.1) is 6.42 Å². The van der Waals surface area contributed by atoms with Gasteiger partial charge in [0.05, 0.1) is 6.42 Å². The van der Waals surface area contributed by atoms with E-state index in [-0.39, 0.29) is 12.4 Å². The van der Waals surface area contributed by atoms with Crippen LogP contribution in [0.15, 0.2) is 0 Å². The predicted octanol–water partition coefficient (Wildman–Crippen LogP) is -0.966. The number of ether oxygens (including phenoxy) is 1. The van der Waals surface area contributed by atoms with Gasteiger partial charge >= 0.3 is 0 Å². The van der Waals surface area contributed by atoms with E-state index < -0.39 is 11.5 Å². The molecule has 4 heteroatoms. The molecular formula is C6H8NO3. The third kappa shape index (κ3) is 1.02. The first-order valence-electron chi connectivity index (χ1n) is 2.87. The normalized spacial score (nSPS) is 32.7. The van der Waals surface area contributed by atoms with Crippen molar-refractivity contribution in [3.8, 4) is 0 Å². The molecule has 1 atom stereocenters. The van der Waals surface area contributed by atoms with E-state index in [0.29, 0.717) is 0 Å². The van der Waals surface area contributed by atoms with Gasteiger partial charge in [0.1, 0.15) is 6.61 Å². The van der Waals surface area contributed by atoms with E-state index in [1.807, 2.05) is 0 Å². The third-order valence-electron chi connectivity index (χ3n) is 1.44. The summed E-state index contributed by atoms with van der Waals surface area (Å²) < 4.78 is 4.83. The molecule has 0 spiro atoms. The lowest BCUT2D eigenvalue weighted by Crippen LogP contribution is -2.40. The topological polar surface area (TPSA) is 69.4 Å². The number of amides is 1. The van der Waals surface area contributed by atoms with Crippen molar-refractivity contribution in [2.75, 3.05) is 6.61 Å². The number of primary amides is 1. The molecule has 1 radical (unpaired) electrons. The van der Waals surface area contributed by atoms with Crippen LogP contribution in [0.5, 0.6) is 0 Å². The molecule has 4 nitrogen and oxygen atoms in total. The van der Waals surface area contributed by atoms with Crippen molar-refractivity contribution in [2.45, 2.75) is 12.5 Å². The Labute approximate surface area is 58.3 Å². The maximum absolute atomic E-state index is 10.6. The standard InChI is InChI=1S/C6H8NO3/c1-6(5(7)9)2-4(8)3-10-6/h2H,3H2,1H3,(H2,7,9)/t6-/m1/s1. The Balaban J connectivity index is 2.72. The second-order valence-electron chi connectivity index (χ2n) is 2.37. The van der Waals surface area contributed by atoms with Gasteiger partial charge in [-0.15, -0.1) is 0 Å². The third-order valence-corrected chi connectivity index (χ3v) is 1.44. The zero-order valence-corrected chi connectivity index (χ0v) is 5.59. The van der Waals surface area contributed by atoms with E-state index in [2.05, 4.69) is 0 Å². The number of Topliss-reactive ketones (excluding diaryl/α,β-unsaturated/α-hetero) is 1. The predicted molar refractivity (Wildman–Crippen MR) is 32.9 cm³/mol. The van der Waals surface area contributed by atoms with E-state index in [9.17, 15) is 9.59 Å². The average molecular weight is 142 g/mol. The largest absolute Gasteiger partial charge is 0.367 e. The molecule has 10 heavy (non-hydrogen) atoms. The summed E-state index contributed by atoms with van der Waals surface area (Å²) in [6.07, 6.45) is 1.20. The lowest BCUT2D eigenvalue weighted by atomic mass is 10.0. The Hall–Kier alpha value is -0.900. The maximum atomic E-state index is 10.6. The molecule has 1 heterocycles. The minimum atomic E-state index is -1.17. The summed E-state index contributed by atoms with van der Waals surface area (Å²) in [4.78, 5) is 21.2. The van der Waals surface area contributed by atoms with E-state index in [0.717, 1.165) is 0 Å². The van der Waals surface area contributed by atoms with Crippen LogP contribution in [0.2, 0.25) is 0 Å². The molecule has 1 aliphatic heterocycles. The molecule has 2 N–H and O–H groups in total. The Morgan fingerprint density at radius 2 is 2.50 bits per heavy atom. The first-order chi connectivity index (χ1) is 4.54. The van der Waals surface area contributed by atoms with Crippen LogP contribution in [-0.4, -0.2) is 23.9 Å². The minimum Gasteiger partial charge on any atom is -0.367 e. The summed E-state index contributed by atoms with van der Waals surface area (Å²) in [6.45, 7) is 1.43. The van der Waals surface area contributed by atoms with Crippen molar-refractivity contribution in [1.82, 2.24) is 0 Å². The summed E-state index contributed by atoms with van der Waals surface area (Å²) in [6, 6.07) is 0. The fourth-order valence-corrected chi connectivity index (χ4v) is 0.754. The molecule has 0 aromatic rings. The highest BCUT2D eigenvalue weighted by Gasteiger charge is 2.40.